The van der Waals surface area contributed by atoms with Crippen LogP contribution in [0.3, 0.4) is 0 Å². The van der Waals surface area contributed by atoms with Crippen LogP contribution in [-0.2, 0) is 12.6 Å². The minimum atomic E-state index is -4.31. The molecule has 0 unspecified atom stereocenters. The van der Waals surface area contributed by atoms with Crippen molar-refractivity contribution in [2.75, 3.05) is 12.4 Å². The minimum Gasteiger partial charge on any atom is -0.373 e. The van der Waals surface area contributed by atoms with E-state index in [4.69, 9.17) is 0 Å². The number of rotatable bonds is 2. The Kier molecular flexibility index (Phi) is 6.61. The molecule has 0 aliphatic heterocycles. The van der Waals surface area contributed by atoms with Crippen molar-refractivity contribution in [2.24, 2.45) is 0 Å². The van der Waals surface area contributed by atoms with Crippen LogP contribution in [0.25, 0.3) is 0 Å². The summed E-state index contributed by atoms with van der Waals surface area (Å²) in [5, 5.41) is 2.70. The summed E-state index contributed by atoms with van der Waals surface area (Å²) in [6.45, 7) is 5.90. The molecule has 0 aromatic carbocycles. The Bertz CT molecular complexity index is 335. The normalized spacial score (nSPS) is 10.5. The molecular formula is C12H19F3N2. The van der Waals surface area contributed by atoms with Crippen LogP contribution in [0.15, 0.2) is 12.1 Å². The first-order chi connectivity index (χ1) is 7.90. The fourth-order valence-corrected chi connectivity index (χ4v) is 1.17. The number of aromatic nitrogens is 1. The average molecular weight is 248 g/mol. The second kappa shape index (κ2) is 7.14. The third-order valence-electron chi connectivity index (χ3n) is 1.87. The summed E-state index contributed by atoms with van der Waals surface area (Å²) >= 11 is 0. The van der Waals surface area contributed by atoms with Crippen molar-refractivity contribution in [2.45, 2.75) is 39.8 Å². The quantitative estimate of drug-likeness (QED) is 0.851. The van der Waals surface area contributed by atoms with Crippen LogP contribution in [-0.4, -0.2) is 12.0 Å². The van der Waals surface area contributed by atoms with Crippen molar-refractivity contribution in [3.8, 4) is 0 Å². The highest BCUT2D eigenvalue weighted by Gasteiger charge is 2.33. The molecule has 2 nitrogen and oxygen atoms in total. The lowest BCUT2D eigenvalue weighted by atomic mass is 10.1. The molecule has 0 spiro atoms. The van der Waals surface area contributed by atoms with Gasteiger partial charge in [-0.3, -0.25) is 0 Å². The van der Waals surface area contributed by atoms with Gasteiger partial charge in [0.05, 0.1) is 11.3 Å². The van der Waals surface area contributed by atoms with E-state index in [0.29, 0.717) is 5.82 Å². The van der Waals surface area contributed by atoms with Gasteiger partial charge in [0.15, 0.2) is 0 Å². The highest BCUT2D eigenvalue weighted by Crippen LogP contribution is 2.32. The predicted molar refractivity (Wildman–Crippen MR) is 64.1 cm³/mol. The second-order valence-electron chi connectivity index (χ2n) is 3.50. The van der Waals surface area contributed by atoms with E-state index in [0.717, 1.165) is 6.07 Å². The van der Waals surface area contributed by atoms with Crippen molar-refractivity contribution >= 4 is 5.82 Å². The van der Waals surface area contributed by atoms with Crippen molar-refractivity contribution in [1.29, 1.82) is 0 Å². The Morgan fingerprint density at radius 2 is 1.71 bits per heavy atom. The Hall–Kier alpha value is -1.26. The second-order valence-corrected chi connectivity index (χ2v) is 3.50. The number of aryl methyl sites for hydroxylation is 1. The molecule has 0 fully saturated rings. The Balaban J connectivity index is 0.000000770. The summed E-state index contributed by atoms with van der Waals surface area (Å²) in [5.41, 5.74) is -0.580. The van der Waals surface area contributed by atoms with Crippen molar-refractivity contribution in [3.05, 3.63) is 23.4 Å². The van der Waals surface area contributed by atoms with Gasteiger partial charge in [-0.1, -0.05) is 27.2 Å². The zero-order valence-electron chi connectivity index (χ0n) is 10.7. The smallest absolute Gasteiger partial charge is 0.373 e. The molecule has 0 bridgehead atoms. The van der Waals surface area contributed by atoms with Crippen molar-refractivity contribution in [1.82, 2.24) is 4.98 Å². The van der Waals surface area contributed by atoms with Crippen LogP contribution >= 0.6 is 0 Å². The summed E-state index contributed by atoms with van der Waals surface area (Å²) in [5.74, 6) is 0.454. The molecular weight excluding hydrogens is 229 g/mol. The minimum absolute atomic E-state index is 0.0735. The van der Waals surface area contributed by atoms with Crippen LogP contribution < -0.4 is 5.32 Å². The molecule has 1 heterocycles. The summed E-state index contributed by atoms with van der Waals surface area (Å²) in [7, 11) is 1.62. The Morgan fingerprint density at radius 1 is 1.18 bits per heavy atom. The molecule has 0 amide bonds. The van der Waals surface area contributed by atoms with Crippen LogP contribution in [0, 0.1) is 0 Å². The summed E-state index contributed by atoms with van der Waals surface area (Å²) in [4.78, 5) is 3.85. The molecule has 17 heavy (non-hydrogen) atoms. The number of anilines is 1. The first-order valence-corrected chi connectivity index (χ1v) is 5.65. The largest absolute Gasteiger partial charge is 0.418 e. The number of pyridine rings is 1. The summed E-state index contributed by atoms with van der Waals surface area (Å²) < 4.78 is 37.2. The monoisotopic (exact) mass is 248 g/mol. The number of hydrogen-bond donors (Lipinski definition) is 1. The van der Waals surface area contributed by atoms with Crippen LogP contribution in [0.4, 0.5) is 19.0 Å². The van der Waals surface area contributed by atoms with Crippen LogP contribution in [0.5, 0.6) is 0 Å². The average Bonchev–Trinajstić information content (AvgIpc) is 2.28. The Labute approximate surface area is 100 Å². The van der Waals surface area contributed by atoms with E-state index in [2.05, 4.69) is 24.1 Å². The van der Waals surface area contributed by atoms with E-state index in [1.165, 1.54) is 12.5 Å². The number of nitrogens with zero attached hydrogens (tertiary/aromatic N) is 1. The van der Waals surface area contributed by atoms with Gasteiger partial charge in [-0.05, 0) is 18.6 Å². The maximum atomic E-state index is 12.4. The molecule has 1 aromatic heterocycles. The van der Waals surface area contributed by atoms with Gasteiger partial charge in [-0.15, -0.1) is 0 Å². The molecule has 1 rings (SSSR count). The molecule has 0 saturated carbocycles. The summed E-state index contributed by atoms with van der Waals surface area (Å²) in [6, 6.07) is 2.37. The van der Waals surface area contributed by atoms with Gasteiger partial charge in [0, 0.05) is 7.05 Å². The molecule has 0 saturated heterocycles. The van der Waals surface area contributed by atoms with E-state index in [-0.39, 0.29) is 12.1 Å². The SMILES string of the molecule is CCC.CCc1nc(NC)ccc1C(F)(F)F. The number of nitrogens with one attached hydrogen (secondary N) is 1. The molecule has 5 heteroatoms. The standard InChI is InChI=1S/C9H11F3N2.C3H8/c1-3-7-6(9(10,11)12)4-5-8(13-2)14-7;1-3-2/h4-5H,3H2,1-2H3,(H,13,14);3H2,1-2H3. The third kappa shape index (κ3) is 5.06. The molecule has 98 valence electrons. The van der Waals surface area contributed by atoms with E-state index in [9.17, 15) is 13.2 Å². The number of halogens is 3. The molecule has 1 N–H and O–H groups in total. The highest BCUT2D eigenvalue weighted by molar-refractivity contribution is 5.39. The lowest BCUT2D eigenvalue weighted by molar-refractivity contribution is -0.138. The van der Waals surface area contributed by atoms with Crippen LogP contribution in [0.1, 0.15) is 38.4 Å². The molecule has 0 aliphatic carbocycles. The van der Waals surface area contributed by atoms with E-state index < -0.39 is 11.7 Å². The molecule has 0 aliphatic rings. The zero-order chi connectivity index (χ0) is 13.5. The fourth-order valence-electron chi connectivity index (χ4n) is 1.17. The van der Waals surface area contributed by atoms with Gasteiger partial charge in [-0.2, -0.15) is 13.2 Å². The maximum Gasteiger partial charge on any atom is 0.418 e. The first kappa shape index (κ1) is 15.7. The summed E-state index contributed by atoms with van der Waals surface area (Å²) in [6.07, 6.45) is -2.80. The fraction of sp³-hybridized carbons (Fsp3) is 0.583. The lowest BCUT2D eigenvalue weighted by Crippen LogP contribution is -2.11. The Morgan fingerprint density at radius 3 is 2.06 bits per heavy atom. The van der Waals surface area contributed by atoms with E-state index in [1.54, 1.807) is 14.0 Å². The predicted octanol–water partition coefficient (Wildman–Crippen LogP) is 4.12. The zero-order valence-corrected chi connectivity index (χ0v) is 10.7. The lowest BCUT2D eigenvalue weighted by Gasteiger charge is -2.11. The van der Waals surface area contributed by atoms with E-state index >= 15 is 0 Å². The van der Waals surface area contributed by atoms with Gasteiger partial charge >= 0.3 is 6.18 Å². The maximum absolute atomic E-state index is 12.4. The number of alkyl halides is 3. The van der Waals surface area contributed by atoms with E-state index in [1.807, 2.05) is 0 Å². The van der Waals surface area contributed by atoms with Gasteiger partial charge in [0.25, 0.3) is 0 Å². The number of hydrogen-bond acceptors (Lipinski definition) is 2. The van der Waals surface area contributed by atoms with Gasteiger partial charge < -0.3 is 5.32 Å². The molecule has 1 aromatic rings. The molecule has 0 atom stereocenters. The van der Waals surface area contributed by atoms with Gasteiger partial charge in [-0.25, -0.2) is 4.98 Å². The van der Waals surface area contributed by atoms with Gasteiger partial charge in [0.1, 0.15) is 5.82 Å². The third-order valence-corrected chi connectivity index (χ3v) is 1.87. The topological polar surface area (TPSA) is 24.9 Å². The first-order valence-electron chi connectivity index (χ1n) is 5.65. The van der Waals surface area contributed by atoms with Crippen LogP contribution in [0.2, 0.25) is 0 Å². The van der Waals surface area contributed by atoms with Crippen molar-refractivity contribution < 1.29 is 13.2 Å². The van der Waals surface area contributed by atoms with Crippen molar-refractivity contribution in [3.63, 3.8) is 0 Å². The molecule has 0 radical (unpaired) electrons. The van der Waals surface area contributed by atoms with Gasteiger partial charge in [0.2, 0.25) is 0 Å². The highest BCUT2D eigenvalue weighted by atomic mass is 19.4.